The SMILES string of the molecule is O=C1COCCN1c1ccc(CO[C@@H]2COc3nc([N+](=O)[O-])cn3C2)cc1. The number of carbonyl (C=O) groups is 1. The smallest absolute Gasteiger partial charge is 0.414 e. The Morgan fingerprint density at radius 1 is 1.33 bits per heavy atom. The molecule has 2 aromatic rings. The van der Waals surface area contributed by atoms with Crippen LogP contribution in [0.25, 0.3) is 0 Å². The first-order valence-electron chi connectivity index (χ1n) is 8.53. The molecule has 1 aromatic carbocycles. The molecule has 10 nitrogen and oxygen atoms in total. The van der Waals surface area contributed by atoms with Gasteiger partial charge in [0.05, 0.1) is 19.8 Å². The molecule has 0 bridgehead atoms. The summed E-state index contributed by atoms with van der Waals surface area (Å²) in [5, 5.41) is 10.8. The van der Waals surface area contributed by atoms with Gasteiger partial charge in [-0.1, -0.05) is 12.1 Å². The molecule has 0 radical (unpaired) electrons. The molecule has 0 aliphatic carbocycles. The Kier molecular flexibility index (Phi) is 4.73. The van der Waals surface area contributed by atoms with Crippen LogP contribution in [-0.2, 0) is 27.4 Å². The average Bonchev–Trinajstić information content (AvgIpc) is 3.11. The lowest BCUT2D eigenvalue weighted by Crippen LogP contribution is -2.41. The Balaban J connectivity index is 1.33. The first-order chi connectivity index (χ1) is 13.1. The Hall–Kier alpha value is -2.98. The third-order valence-corrected chi connectivity index (χ3v) is 4.43. The first-order valence-corrected chi connectivity index (χ1v) is 8.53. The molecule has 2 aliphatic rings. The van der Waals surface area contributed by atoms with Crippen molar-refractivity contribution in [2.45, 2.75) is 19.3 Å². The van der Waals surface area contributed by atoms with Gasteiger partial charge in [0.2, 0.25) is 0 Å². The molecule has 142 valence electrons. The molecular weight excluding hydrogens is 356 g/mol. The summed E-state index contributed by atoms with van der Waals surface area (Å²) in [5.41, 5.74) is 1.80. The third-order valence-electron chi connectivity index (χ3n) is 4.43. The molecule has 1 aromatic heterocycles. The predicted octanol–water partition coefficient (Wildman–Crippen LogP) is 1.13. The molecule has 0 spiro atoms. The fourth-order valence-corrected chi connectivity index (χ4v) is 3.04. The van der Waals surface area contributed by atoms with Crippen LogP contribution in [0, 0.1) is 10.1 Å². The Morgan fingerprint density at radius 3 is 2.89 bits per heavy atom. The number of fused-ring (bicyclic) bond motifs is 1. The molecule has 0 unspecified atom stereocenters. The molecule has 27 heavy (non-hydrogen) atoms. The number of hydrogen-bond donors (Lipinski definition) is 0. The number of nitro groups is 1. The van der Waals surface area contributed by atoms with Crippen LogP contribution >= 0.6 is 0 Å². The number of benzene rings is 1. The van der Waals surface area contributed by atoms with Gasteiger partial charge in [0, 0.05) is 17.2 Å². The van der Waals surface area contributed by atoms with Crippen LogP contribution in [0.4, 0.5) is 11.5 Å². The molecule has 1 atom stereocenters. The minimum absolute atomic E-state index is 0.0464. The number of amides is 1. The van der Waals surface area contributed by atoms with Crippen molar-refractivity contribution < 1.29 is 23.9 Å². The van der Waals surface area contributed by atoms with E-state index in [-0.39, 0.29) is 37.1 Å². The zero-order valence-electron chi connectivity index (χ0n) is 14.4. The lowest BCUT2D eigenvalue weighted by Gasteiger charge is -2.27. The van der Waals surface area contributed by atoms with Crippen LogP contribution < -0.4 is 9.64 Å². The van der Waals surface area contributed by atoms with Gasteiger partial charge in [-0.15, -0.1) is 0 Å². The largest absolute Gasteiger partial charge is 0.443 e. The van der Waals surface area contributed by atoms with E-state index in [0.717, 1.165) is 11.3 Å². The molecular formula is C17H18N4O6. The van der Waals surface area contributed by atoms with Gasteiger partial charge >= 0.3 is 11.8 Å². The Morgan fingerprint density at radius 2 is 2.15 bits per heavy atom. The number of rotatable bonds is 5. The minimum Gasteiger partial charge on any atom is -0.443 e. The summed E-state index contributed by atoms with van der Waals surface area (Å²) in [6.45, 7) is 2.30. The summed E-state index contributed by atoms with van der Waals surface area (Å²) in [6, 6.07) is 7.83. The standard InChI is InChI=1S/C17H18N4O6/c22-16-11-25-6-5-20(16)13-3-1-12(2-4-13)9-26-14-7-19-8-15(21(23)24)18-17(19)27-10-14/h1-4,8,14H,5-7,9-11H2/t14-/m0/s1. The molecule has 3 heterocycles. The van der Waals surface area contributed by atoms with Crippen LogP contribution in [0.2, 0.25) is 0 Å². The Bertz CT molecular complexity index is 850. The van der Waals surface area contributed by atoms with E-state index in [2.05, 4.69) is 4.98 Å². The molecule has 4 rings (SSSR count). The quantitative estimate of drug-likeness (QED) is 0.570. The number of anilines is 1. The minimum atomic E-state index is -0.550. The van der Waals surface area contributed by atoms with E-state index in [9.17, 15) is 14.9 Å². The Labute approximate surface area is 154 Å². The van der Waals surface area contributed by atoms with Crippen molar-refractivity contribution >= 4 is 17.4 Å². The van der Waals surface area contributed by atoms with Gasteiger partial charge in [-0.05, 0) is 22.6 Å². The lowest BCUT2D eigenvalue weighted by molar-refractivity contribution is -0.389. The molecule has 1 saturated heterocycles. The maximum absolute atomic E-state index is 11.9. The number of hydrogen-bond acceptors (Lipinski definition) is 7. The van der Waals surface area contributed by atoms with E-state index >= 15 is 0 Å². The maximum Gasteiger partial charge on any atom is 0.414 e. The van der Waals surface area contributed by atoms with Crippen LogP contribution in [0.5, 0.6) is 6.01 Å². The van der Waals surface area contributed by atoms with E-state index in [1.165, 1.54) is 6.20 Å². The fourth-order valence-electron chi connectivity index (χ4n) is 3.04. The van der Waals surface area contributed by atoms with E-state index in [0.29, 0.717) is 26.3 Å². The number of nitrogens with zero attached hydrogens (tertiary/aromatic N) is 4. The maximum atomic E-state index is 11.9. The van der Waals surface area contributed by atoms with Crippen molar-refractivity contribution in [1.82, 2.24) is 9.55 Å². The van der Waals surface area contributed by atoms with Gasteiger partial charge < -0.3 is 29.2 Å². The highest BCUT2D eigenvalue weighted by molar-refractivity contribution is 5.94. The fraction of sp³-hybridized carbons (Fsp3) is 0.412. The second-order valence-corrected chi connectivity index (χ2v) is 6.30. The molecule has 2 aliphatic heterocycles. The number of morpholine rings is 1. The highest BCUT2D eigenvalue weighted by atomic mass is 16.6. The number of aromatic nitrogens is 2. The van der Waals surface area contributed by atoms with Crippen LogP contribution in [0.1, 0.15) is 5.56 Å². The molecule has 0 N–H and O–H groups in total. The number of carbonyl (C=O) groups excluding carboxylic acids is 1. The van der Waals surface area contributed by atoms with Crippen molar-refractivity contribution in [3.63, 3.8) is 0 Å². The number of imidazole rings is 1. The molecule has 1 amide bonds. The third kappa shape index (κ3) is 3.76. The van der Waals surface area contributed by atoms with Crippen LogP contribution in [0.15, 0.2) is 30.5 Å². The summed E-state index contributed by atoms with van der Waals surface area (Å²) in [6.07, 6.45) is 1.12. The highest BCUT2D eigenvalue weighted by Gasteiger charge is 2.28. The first kappa shape index (κ1) is 17.4. The summed E-state index contributed by atoms with van der Waals surface area (Å²) >= 11 is 0. The summed E-state index contributed by atoms with van der Waals surface area (Å²) < 4.78 is 18.0. The van der Waals surface area contributed by atoms with Crippen molar-refractivity contribution in [3.8, 4) is 6.01 Å². The lowest BCUT2D eigenvalue weighted by atomic mass is 10.2. The van der Waals surface area contributed by atoms with E-state index in [1.807, 2.05) is 24.3 Å². The predicted molar refractivity (Wildman–Crippen MR) is 92.6 cm³/mol. The van der Waals surface area contributed by atoms with E-state index in [1.54, 1.807) is 9.47 Å². The second-order valence-electron chi connectivity index (χ2n) is 6.30. The van der Waals surface area contributed by atoms with Crippen LogP contribution in [-0.4, -0.2) is 52.9 Å². The van der Waals surface area contributed by atoms with Crippen LogP contribution in [0.3, 0.4) is 0 Å². The van der Waals surface area contributed by atoms with Crippen molar-refractivity contribution in [2.24, 2.45) is 0 Å². The van der Waals surface area contributed by atoms with Gasteiger partial charge in [0.1, 0.15) is 25.5 Å². The summed E-state index contributed by atoms with van der Waals surface area (Å²) in [5.74, 6) is -0.284. The highest BCUT2D eigenvalue weighted by Crippen LogP contribution is 2.23. The second kappa shape index (κ2) is 7.33. The average molecular weight is 374 g/mol. The topological polar surface area (TPSA) is 109 Å². The zero-order valence-corrected chi connectivity index (χ0v) is 14.4. The van der Waals surface area contributed by atoms with Gasteiger partial charge in [-0.3, -0.25) is 9.36 Å². The van der Waals surface area contributed by atoms with Crippen molar-refractivity contribution in [3.05, 3.63) is 46.1 Å². The van der Waals surface area contributed by atoms with Gasteiger partial charge in [0.25, 0.3) is 5.91 Å². The van der Waals surface area contributed by atoms with Gasteiger partial charge in [0.15, 0.2) is 0 Å². The monoisotopic (exact) mass is 374 g/mol. The molecule has 10 heteroatoms. The van der Waals surface area contributed by atoms with Gasteiger partial charge in [-0.2, -0.15) is 0 Å². The molecule has 1 fully saturated rings. The summed E-state index contributed by atoms with van der Waals surface area (Å²) in [4.78, 5) is 27.6. The zero-order chi connectivity index (χ0) is 18.8. The van der Waals surface area contributed by atoms with E-state index in [4.69, 9.17) is 14.2 Å². The molecule has 0 saturated carbocycles. The summed E-state index contributed by atoms with van der Waals surface area (Å²) in [7, 11) is 0. The van der Waals surface area contributed by atoms with Crippen molar-refractivity contribution in [1.29, 1.82) is 0 Å². The van der Waals surface area contributed by atoms with Crippen molar-refractivity contribution in [2.75, 3.05) is 31.3 Å². The van der Waals surface area contributed by atoms with Gasteiger partial charge in [-0.25, -0.2) is 0 Å². The van der Waals surface area contributed by atoms with E-state index < -0.39 is 4.92 Å². The normalized spacial score (nSPS) is 19.5. The number of ether oxygens (including phenoxy) is 3.